The molecule has 0 radical (unpaired) electrons. The SMILES string of the molecule is CC1CCC(CNC(=O)NCC2CCCC2C(=O)O)CC1. The smallest absolute Gasteiger partial charge is 0.314 e. The number of urea groups is 1. The monoisotopic (exact) mass is 296 g/mol. The van der Waals surface area contributed by atoms with Crippen LogP contribution in [0.4, 0.5) is 4.79 Å². The minimum Gasteiger partial charge on any atom is -0.481 e. The van der Waals surface area contributed by atoms with Gasteiger partial charge in [0.25, 0.3) is 0 Å². The number of aliphatic carboxylic acids is 1. The number of rotatable bonds is 5. The van der Waals surface area contributed by atoms with E-state index in [0.717, 1.165) is 31.7 Å². The fourth-order valence-electron chi connectivity index (χ4n) is 3.66. The summed E-state index contributed by atoms with van der Waals surface area (Å²) in [6, 6.07) is -0.148. The molecule has 0 bridgehead atoms. The number of carboxylic acid groups (broad SMARTS) is 1. The number of amides is 2. The molecule has 21 heavy (non-hydrogen) atoms. The fourth-order valence-corrected chi connectivity index (χ4v) is 3.66. The maximum Gasteiger partial charge on any atom is 0.314 e. The lowest BCUT2D eigenvalue weighted by molar-refractivity contribution is -0.142. The normalized spacial score (nSPS) is 32.6. The first-order valence-corrected chi connectivity index (χ1v) is 8.30. The molecule has 2 saturated carbocycles. The van der Waals surface area contributed by atoms with Crippen molar-refractivity contribution < 1.29 is 14.7 Å². The van der Waals surface area contributed by atoms with Crippen molar-refractivity contribution in [3.05, 3.63) is 0 Å². The van der Waals surface area contributed by atoms with Gasteiger partial charge >= 0.3 is 12.0 Å². The van der Waals surface area contributed by atoms with E-state index in [9.17, 15) is 9.59 Å². The predicted molar refractivity (Wildman–Crippen MR) is 81.0 cm³/mol. The third-order valence-electron chi connectivity index (χ3n) is 5.19. The molecule has 2 aliphatic rings. The van der Waals surface area contributed by atoms with Gasteiger partial charge in [0.1, 0.15) is 0 Å². The lowest BCUT2D eigenvalue weighted by Crippen LogP contribution is -2.41. The van der Waals surface area contributed by atoms with Gasteiger partial charge in [0, 0.05) is 13.1 Å². The highest BCUT2D eigenvalue weighted by atomic mass is 16.4. The van der Waals surface area contributed by atoms with E-state index >= 15 is 0 Å². The number of hydrogen-bond acceptors (Lipinski definition) is 2. The molecule has 0 saturated heterocycles. The predicted octanol–water partition coefficient (Wildman–Crippen LogP) is 2.61. The van der Waals surface area contributed by atoms with Gasteiger partial charge in [0.05, 0.1) is 5.92 Å². The van der Waals surface area contributed by atoms with E-state index < -0.39 is 5.97 Å². The van der Waals surface area contributed by atoms with Crippen LogP contribution in [0, 0.1) is 23.7 Å². The summed E-state index contributed by atoms with van der Waals surface area (Å²) in [5.41, 5.74) is 0. The third-order valence-corrected chi connectivity index (χ3v) is 5.19. The van der Waals surface area contributed by atoms with Crippen molar-refractivity contribution in [2.45, 2.75) is 51.9 Å². The van der Waals surface area contributed by atoms with Crippen LogP contribution in [0.5, 0.6) is 0 Å². The summed E-state index contributed by atoms with van der Waals surface area (Å²) >= 11 is 0. The Morgan fingerprint density at radius 2 is 1.67 bits per heavy atom. The minimum atomic E-state index is -0.726. The highest BCUT2D eigenvalue weighted by molar-refractivity contribution is 5.74. The summed E-state index contributed by atoms with van der Waals surface area (Å²) in [6.45, 7) is 3.51. The van der Waals surface area contributed by atoms with Gasteiger partial charge < -0.3 is 15.7 Å². The summed E-state index contributed by atoms with van der Waals surface area (Å²) in [5.74, 6) is 0.500. The van der Waals surface area contributed by atoms with Gasteiger partial charge in [-0.25, -0.2) is 4.79 Å². The second-order valence-electron chi connectivity index (χ2n) is 6.85. The van der Waals surface area contributed by atoms with Crippen LogP contribution in [0.15, 0.2) is 0 Å². The second kappa shape index (κ2) is 7.66. The quantitative estimate of drug-likeness (QED) is 0.729. The van der Waals surface area contributed by atoms with Crippen LogP contribution in [0.1, 0.15) is 51.9 Å². The third kappa shape index (κ3) is 4.90. The molecule has 0 aromatic carbocycles. The summed E-state index contributed by atoms with van der Waals surface area (Å²) in [5, 5.41) is 14.9. The molecule has 3 N–H and O–H groups in total. The maximum absolute atomic E-state index is 11.8. The molecule has 0 spiro atoms. The molecular formula is C16H28N2O3. The summed E-state index contributed by atoms with van der Waals surface area (Å²) in [4.78, 5) is 22.9. The van der Waals surface area contributed by atoms with E-state index in [1.165, 1.54) is 25.7 Å². The topological polar surface area (TPSA) is 78.4 Å². The van der Waals surface area contributed by atoms with Gasteiger partial charge in [-0.15, -0.1) is 0 Å². The molecule has 0 aromatic heterocycles. The van der Waals surface area contributed by atoms with E-state index in [0.29, 0.717) is 12.5 Å². The highest BCUT2D eigenvalue weighted by Crippen LogP contribution is 2.31. The Balaban J connectivity index is 1.62. The molecule has 0 heterocycles. The summed E-state index contributed by atoms with van der Waals surface area (Å²) in [7, 11) is 0. The van der Waals surface area contributed by atoms with E-state index in [-0.39, 0.29) is 17.9 Å². The number of hydrogen-bond donors (Lipinski definition) is 3. The maximum atomic E-state index is 11.8. The molecule has 2 atom stereocenters. The Morgan fingerprint density at radius 1 is 1.00 bits per heavy atom. The molecule has 2 rings (SSSR count). The zero-order valence-electron chi connectivity index (χ0n) is 12.9. The largest absolute Gasteiger partial charge is 0.481 e. The number of carbonyl (C=O) groups is 2. The van der Waals surface area contributed by atoms with Gasteiger partial charge in [-0.05, 0) is 43.4 Å². The van der Waals surface area contributed by atoms with Gasteiger partial charge in [-0.2, -0.15) is 0 Å². The summed E-state index contributed by atoms with van der Waals surface area (Å²) < 4.78 is 0. The lowest BCUT2D eigenvalue weighted by atomic mass is 9.83. The molecule has 2 amide bonds. The van der Waals surface area contributed by atoms with Crippen LogP contribution in [-0.4, -0.2) is 30.2 Å². The number of carboxylic acids is 1. The van der Waals surface area contributed by atoms with Crippen LogP contribution >= 0.6 is 0 Å². The van der Waals surface area contributed by atoms with Crippen LogP contribution < -0.4 is 10.6 Å². The van der Waals surface area contributed by atoms with Crippen molar-refractivity contribution in [1.82, 2.24) is 10.6 Å². The van der Waals surface area contributed by atoms with Crippen molar-refractivity contribution in [2.75, 3.05) is 13.1 Å². The highest BCUT2D eigenvalue weighted by Gasteiger charge is 2.32. The first kappa shape index (κ1) is 16.1. The molecule has 120 valence electrons. The van der Waals surface area contributed by atoms with Crippen molar-refractivity contribution >= 4 is 12.0 Å². The minimum absolute atomic E-state index is 0.0868. The lowest BCUT2D eigenvalue weighted by Gasteiger charge is -2.26. The zero-order chi connectivity index (χ0) is 15.2. The average molecular weight is 296 g/mol. The Labute approximate surface area is 126 Å². The molecule has 2 aliphatic carbocycles. The van der Waals surface area contributed by atoms with Gasteiger partial charge in [0.2, 0.25) is 0 Å². The van der Waals surface area contributed by atoms with Crippen LogP contribution in [0.2, 0.25) is 0 Å². The van der Waals surface area contributed by atoms with Crippen molar-refractivity contribution in [3.8, 4) is 0 Å². The summed E-state index contributed by atoms with van der Waals surface area (Å²) in [6.07, 6.45) is 7.51. The molecule has 2 unspecified atom stereocenters. The van der Waals surface area contributed by atoms with Gasteiger partial charge in [-0.1, -0.05) is 26.2 Å². The molecule has 0 aliphatic heterocycles. The van der Waals surface area contributed by atoms with Gasteiger partial charge in [-0.3, -0.25) is 4.79 Å². The van der Waals surface area contributed by atoms with Crippen molar-refractivity contribution in [1.29, 1.82) is 0 Å². The van der Waals surface area contributed by atoms with Crippen molar-refractivity contribution in [3.63, 3.8) is 0 Å². The average Bonchev–Trinajstić information content (AvgIpc) is 2.93. The van der Waals surface area contributed by atoms with Crippen LogP contribution in [-0.2, 0) is 4.79 Å². The zero-order valence-corrected chi connectivity index (χ0v) is 12.9. The Morgan fingerprint density at radius 3 is 2.33 bits per heavy atom. The molecule has 0 aromatic rings. The Bertz CT molecular complexity index is 365. The second-order valence-corrected chi connectivity index (χ2v) is 6.85. The Hall–Kier alpha value is -1.26. The first-order chi connectivity index (χ1) is 10.1. The first-order valence-electron chi connectivity index (χ1n) is 8.30. The van der Waals surface area contributed by atoms with E-state index in [4.69, 9.17) is 5.11 Å². The molecule has 5 heteroatoms. The fraction of sp³-hybridized carbons (Fsp3) is 0.875. The van der Waals surface area contributed by atoms with Crippen LogP contribution in [0.3, 0.4) is 0 Å². The Kier molecular flexibility index (Phi) is 5.88. The van der Waals surface area contributed by atoms with Crippen LogP contribution in [0.25, 0.3) is 0 Å². The van der Waals surface area contributed by atoms with E-state index in [2.05, 4.69) is 17.6 Å². The standard InChI is InChI=1S/C16H28N2O3/c1-11-5-7-12(8-6-11)9-17-16(21)18-10-13-3-2-4-14(13)15(19)20/h11-14H,2-10H2,1H3,(H,19,20)(H2,17,18,21). The molecule has 2 fully saturated rings. The van der Waals surface area contributed by atoms with E-state index in [1.807, 2.05) is 0 Å². The molecule has 5 nitrogen and oxygen atoms in total. The van der Waals surface area contributed by atoms with Gasteiger partial charge in [0.15, 0.2) is 0 Å². The number of carbonyl (C=O) groups excluding carboxylic acids is 1. The molecular weight excluding hydrogens is 268 g/mol. The van der Waals surface area contributed by atoms with E-state index in [1.54, 1.807) is 0 Å². The number of nitrogens with one attached hydrogen (secondary N) is 2. The van der Waals surface area contributed by atoms with Crippen molar-refractivity contribution in [2.24, 2.45) is 23.7 Å².